The number of hydrogen-bond acceptors (Lipinski definition) is 5. The van der Waals surface area contributed by atoms with E-state index in [1.54, 1.807) is 0 Å². The molecule has 130 valence electrons. The topological polar surface area (TPSA) is 57.4 Å². The zero-order valence-corrected chi connectivity index (χ0v) is 16.0. The fourth-order valence-electron chi connectivity index (χ4n) is 2.51. The highest BCUT2D eigenvalue weighted by Gasteiger charge is 2.15. The molecule has 0 amide bonds. The van der Waals surface area contributed by atoms with Crippen LogP contribution in [0.5, 0.6) is 11.5 Å². The van der Waals surface area contributed by atoms with Gasteiger partial charge in [-0.3, -0.25) is 0 Å². The van der Waals surface area contributed by atoms with Crippen LogP contribution in [0.25, 0.3) is 22.8 Å². The molecular weight excluding hydrogens is 384 g/mol. The summed E-state index contributed by atoms with van der Waals surface area (Å²) in [6, 6.07) is 11.6. The maximum absolute atomic E-state index is 5.66. The summed E-state index contributed by atoms with van der Waals surface area (Å²) in [5.41, 5.74) is 2.80. The summed E-state index contributed by atoms with van der Waals surface area (Å²) in [6.07, 6.45) is 0. The molecule has 0 bridgehead atoms. The van der Waals surface area contributed by atoms with Crippen LogP contribution < -0.4 is 9.47 Å². The zero-order valence-electron chi connectivity index (χ0n) is 14.4. The first kappa shape index (κ1) is 17.5. The van der Waals surface area contributed by atoms with Crippen molar-refractivity contribution in [2.24, 2.45) is 0 Å². The molecule has 25 heavy (non-hydrogen) atoms. The molecule has 1 heterocycles. The molecule has 0 unspecified atom stereocenters. The molecule has 5 nitrogen and oxygen atoms in total. The molecule has 3 aromatic rings. The Labute approximate surface area is 155 Å². The molecule has 1 aromatic heterocycles. The predicted molar refractivity (Wildman–Crippen MR) is 99.9 cm³/mol. The van der Waals surface area contributed by atoms with Crippen molar-refractivity contribution in [3.05, 3.63) is 46.4 Å². The molecule has 0 atom stereocenters. The van der Waals surface area contributed by atoms with E-state index in [0.29, 0.717) is 36.4 Å². The number of aryl methyl sites for hydroxylation is 1. The smallest absolute Gasteiger partial charge is 0.258 e. The number of halogens is 1. The van der Waals surface area contributed by atoms with Gasteiger partial charge in [0.05, 0.1) is 13.2 Å². The van der Waals surface area contributed by atoms with E-state index >= 15 is 0 Å². The number of nitrogens with zero attached hydrogens (tertiary/aromatic N) is 2. The Bertz CT molecular complexity index is 877. The van der Waals surface area contributed by atoms with E-state index in [1.807, 2.05) is 57.2 Å². The number of hydrogen-bond donors (Lipinski definition) is 0. The molecule has 0 fully saturated rings. The van der Waals surface area contributed by atoms with Gasteiger partial charge in [-0.05, 0) is 62.7 Å². The fourth-order valence-corrected chi connectivity index (χ4v) is 2.99. The van der Waals surface area contributed by atoms with Gasteiger partial charge in [-0.2, -0.15) is 4.98 Å². The van der Waals surface area contributed by atoms with Crippen molar-refractivity contribution in [1.29, 1.82) is 0 Å². The van der Waals surface area contributed by atoms with Crippen molar-refractivity contribution in [2.45, 2.75) is 20.8 Å². The molecule has 0 saturated heterocycles. The lowest BCUT2D eigenvalue weighted by atomic mass is 10.1. The lowest BCUT2D eigenvalue weighted by Crippen LogP contribution is -1.98. The van der Waals surface area contributed by atoms with Crippen LogP contribution in [0.15, 0.2) is 45.4 Å². The maximum Gasteiger partial charge on any atom is 0.258 e. The van der Waals surface area contributed by atoms with Gasteiger partial charge in [0, 0.05) is 15.6 Å². The summed E-state index contributed by atoms with van der Waals surface area (Å²) < 4.78 is 17.7. The average molecular weight is 403 g/mol. The van der Waals surface area contributed by atoms with Crippen LogP contribution in [0.2, 0.25) is 0 Å². The Morgan fingerprint density at radius 3 is 2.48 bits per heavy atom. The third-order valence-electron chi connectivity index (χ3n) is 3.65. The molecular formula is C19H19BrN2O3. The van der Waals surface area contributed by atoms with Gasteiger partial charge in [0.2, 0.25) is 5.82 Å². The SMILES string of the molecule is CCOc1ccc(-c2nc(-c3ccc(Br)cc3C)no2)cc1OCC. The van der Waals surface area contributed by atoms with Crippen molar-refractivity contribution in [3.63, 3.8) is 0 Å². The Hall–Kier alpha value is -2.34. The summed E-state index contributed by atoms with van der Waals surface area (Å²) >= 11 is 3.46. The van der Waals surface area contributed by atoms with E-state index in [9.17, 15) is 0 Å². The van der Waals surface area contributed by atoms with Crippen LogP contribution in [0.3, 0.4) is 0 Å². The van der Waals surface area contributed by atoms with Crippen LogP contribution in [-0.4, -0.2) is 23.4 Å². The van der Waals surface area contributed by atoms with Crippen LogP contribution in [0.4, 0.5) is 0 Å². The first-order valence-electron chi connectivity index (χ1n) is 8.12. The van der Waals surface area contributed by atoms with Gasteiger partial charge in [0.25, 0.3) is 5.89 Å². The molecule has 0 aliphatic carbocycles. The largest absolute Gasteiger partial charge is 0.490 e. The minimum atomic E-state index is 0.446. The van der Waals surface area contributed by atoms with Crippen molar-refractivity contribution >= 4 is 15.9 Å². The van der Waals surface area contributed by atoms with Gasteiger partial charge in [-0.15, -0.1) is 0 Å². The lowest BCUT2D eigenvalue weighted by Gasteiger charge is -2.11. The van der Waals surface area contributed by atoms with Crippen molar-refractivity contribution < 1.29 is 14.0 Å². The third kappa shape index (κ3) is 3.85. The molecule has 0 aliphatic rings. The quantitative estimate of drug-likeness (QED) is 0.561. The third-order valence-corrected chi connectivity index (χ3v) is 4.14. The van der Waals surface area contributed by atoms with Crippen molar-refractivity contribution in [2.75, 3.05) is 13.2 Å². The van der Waals surface area contributed by atoms with Gasteiger partial charge < -0.3 is 14.0 Å². The van der Waals surface area contributed by atoms with Crippen LogP contribution in [-0.2, 0) is 0 Å². The predicted octanol–water partition coefficient (Wildman–Crippen LogP) is 5.27. The molecule has 2 aromatic carbocycles. The standard InChI is InChI=1S/C19H19BrN2O3/c1-4-23-16-9-6-13(11-17(16)24-5-2)19-21-18(22-25-19)15-8-7-14(20)10-12(15)3/h6-11H,4-5H2,1-3H3. The van der Waals surface area contributed by atoms with Gasteiger partial charge in [-0.1, -0.05) is 21.1 Å². The highest BCUT2D eigenvalue weighted by Crippen LogP contribution is 2.33. The fraction of sp³-hybridized carbons (Fsp3) is 0.263. The molecule has 6 heteroatoms. The number of benzene rings is 2. The van der Waals surface area contributed by atoms with Gasteiger partial charge in [0.15, 0.2) is 11.5 Å². The van der Waals surface area contributed by atoms with E-state index in [4.69, 9.17) is 14.0 Å². The molecule has 0 radical (unpaired) electrons. The number of aromatic nitrogens is 2. The normalized spacial score (nSPS) is 10.7. The minimum Gasteiger partial charge on any atom is -0.490 e. The second-order valence-corrected chi connectivity index (χ2v) is 6.33. The van der Waals surface area contributed by atoms with Crippen LogP contribution in [0, 0.1) is 6.92 Å². The average Bonchev–Trinajstić information content (AvgIpc) is 3.06. The van der Waals surface area contributed by atoms with Gasteiger partial charge >= 0.3 is 0 Å². The summed E-state index contributed by atoms with van der Waals surface area (Å²) in [4.78, 5) is 4.53. The molecule has 0 spiro atoms. The first-order valence-corrected chi connectivity index (χ1v) is 8.92. The Balaban J connectivity index is 1.95. The second-order valence-electron chi connectivity index (χ2n) is 5.41. The Morgan fingerprint density at radius 1 is 1.00 bits per heavy atom. The molecule has 0 aliphatic heterocycles. The number of rotatable bonds is 6. The van der Waals surface area contributed by atoms with E-state index < -0.39 is 0 Å². The van der Waals surface area contributed by atoms with E-state index in [-0.39, 0.29) is 0 Å². The van der Waals surface area contributed by atoms with Crippen LogP contribution in [0.1, 0.15) is 19.4 Å². The molecule has 0 N–H and O–H groups in total. The summed E-state index contributed by atoms with van der Waals surface area (Å²) in [5, 5.41) is 4.11. The number of ether oxygens (including phenoxy) is 2. The molecule has 0 saturated carbocycles. The highest BCUT2D eigenvalue weighted by molar-refractivity contribution is 9.10. The summed E-state index contributed by atoms with van der Waals surface area (Å²) in [5.74, 6) is 2.38. The summed E-state index contributed by atoms with van der Waals surface area (Å²) in [6.45, 7) is 7.02. The zero-order chi connectivity index (χ0) is 17.8. The van der Waals surface area contributed by atoms with Gasteiger partial charge in [-0.25, -0.2) is 0 Å². The molecule has 3 rings (SSSR count). The van der Waals surface area contributed by atoms with E-state index in [2.05, 4.69) is 26.1 Å². The minimum absolute atomic E-state index is 0.446. The van der Waals surface area contributed by atoms with Crippen molar-refractivity contribution in [3.8, 4) is 34.3 Å². The first-order chi connectivity index (χ1) is 12.1. The Kier molecular flexibility index (Phi) is 5.38. The monoisotopic (exact) mass is 402 g/mol. The van der Waals surface area contributed by atoms with E-state index in [1.165, 1.54) is 0 Å². The van der Waals surface area contributed by atoms with Crippen LogP contribution >= 0.6 is 15.9 Å². The second kappa shape index (κ2) is 7.70. The summed E-state index contributed by atoms with van der Waals surface area (Å²) in [7, 11) is 0. The Morgan fingerprint density at radius 2 is 1.76 bits per heavy atom. The maximum atomic E-state index is 5.66. The van der Waals surface area contributed by atoms with E-state index in [0.717, 1.165) is 21.2 Å². The van der Waals surface area contributed by atoms with Gasteiger partial charge in [0.1, 0.15) is 0 Å². The highest BCUT2D eigenvalue weighted by atomic mass is 79.9. The van der Waals surface area contributed by atoms with Crippen molar-refractivity contribution in [1.82, 2.24) is 10.1 Å². The lowest BCUT2D eigenvalue weighted by molar-refractivity contribution is 0.288.